The monoisotopic (exact) mass is 325 g/mol. The van der Waals surface area contributed by atoms with E-state index in [-0.39, 0.29) is 5.91 Å². The van der Waals surface area contributed by atoms with Crippen LogP contribution in [0.5, 0.6) is 0 Å². The highest BCUT2D eigenvalue weighted by Gasteiger charge is 1.99. The molecule has 0 heterocycles. The van der Waals surface area contributed by atoms with Crippen molar-refractivity contribution in [3.05, 3.63) is 0 Å². The molecule has 0 saturated heterocycles. The van der Waals surface area contributed by atoms with E-state index in [1.54, 1.807) is 0 Å². The Kier molecular flexibility index (Phi) is 12.4. The molecular weight excluding hydrogens is 301 g/mol. The normalized spacial score (nSPS) is 10.3. The quantitative estimate of drug-likeness (QED) is 0.371. The number of rotatable bonds is 10. The Morgan fingerprint density at radius 2 is 1.73 bits per heavy atom. The molecule has 0 aromatic heterocycles. The number of carbonyl (C=O) groups is 1. The molecule has 2 nitrogen and oxygen atoms in total. The summed E-state index contributed by atoms with van der Waals surface area (Å²) in [6.07, 6.45) is 9.30. The van der Waals surface area contributed by atoms with Crippen LogP contribution in [-0.4, -0.2) is 16.9 Å². The number of alkyl halides is 1. The van der Waals surface area contributed by atoms with E-state index in [1.165, 1.54) is 32.1 Å². The standard InChI is InChI=1S/C12H24INO/c1-2-3-4-5-6-7-9-12(15)14-11-8-10-13/h2-11H2,1H3,(H,14,15). The lowest BCUT2D eigenvalue weighted by atomic mass is 10.1. The van der Waals surface area contributed by atoms with Gasteiger partial charge < -0.3 is 5.32 Å². The molecule has 0 aliphatic rings. The SMILES string of the molecule is CCCCCCCCC(=O)NCCCI. The number of carbonyl (C=O) groups excluding carboxylic acids is 1. The van der Waals surface area contributed by atoms with E-state index in [0.29, 0.717) is 6.42 Å². The van der Waals surface area contributed by atoms with E-state index in [2.05, 4.69) is 34.8 Å². The number of unbranched alkanes of at least 4 members (excludes halogenated alkanes) is 5. The van der Waals surface area contributed by atoms with Crippen LogP contribution in [0.1, 0.15) is 58.3 Å². The molecule has 0 rings (SSSR count). The lowest BCUT2D eigenvalue weighted by Gasteiger charge is -2.03. The molecule has 3 heteroatoms. The third kappa shape index (κ3) is 12.1. The van der Waals surface area contributed by atoms with Gasteiger partial charge in [0, 0.05) is 17.4 Å². The second-order valence-electron chi connectivity index (χ2n) is 3.91. The molecule has 0 saturated carbocycles. The van der Waals surface area contributed by atoms with E-state index in [1.807, 2.05) is 0 Å². The van der Waals surface area contributed by atoms with Gasteiger partial charge in [0.15, 0.2) is 0 Å². The topological polar surface area (TPSA) is 29.1 Å². The second-order valence-corrected chi connectivity index (χ2v) is 4.99. The highest BCUT2D eigenvalue weighted by Crippen LogP contribution is 2.06. The zero-order valence-electron chi connectivity index (χ0n) is 9.86. The summed E-state index contributed by atoms with van der Waals surface area (Å²) in [7, 11) is 0. The average molecular weight is 325 g/mol. The minimum atomic E-state index is 0.232. The first-order valence-electron chi connectivity index (χ1n) is 6.14. The third-order valence-electron chi connectivity index (χ3n) is 2.39. The first-order valence-corrected chi connectivity index (χ1v) is 7.66. The largest absolute Gasteiger partial charge is 0.356 e. The highest BCUT2D eigenvalue weighted by atomic mass is 127. The fraction of sp³-hybridized carbons (Fsp3) is 0.917. The Labute approximate surface area is 108 Å². The first-order chi connectivity index (χ1) is 7.31. The van der Waals surface area contributed by atoms with Crippen molar-refractivity contribution in [3.63, 3.8) is 0 Å². The van der Waals surface area contributed by atoms with Crippen molar-refractivity contribution in [2.24, 2.45) is 0 Å². The molecule has 15 heavy (non-hydrogen) atoms. The second kappa shape index (κ2) is 12.3. The van der Waals surface area contributed by atoms with E-state index in [0.717, 1.165) is 23.8 Å². The summed E-state index contributed by atoms with van der Waals surface area (Å²) in [6.45, 7) is 3.07. The number of nitrogens with one attached hydrogen (secondary N) is 1. The Bertz CT molecular complexity index is 151. The molecule has 0 aromatic carbocycles. The van der Waals surface area contributed by atoms with Crippen LogP contribution in [0, 0.1) is 0 Å². The van der Waals surface area contributed by atoms with Crippen LogP contribution in [0.3, 0.4) is 0 Å². The maximum absolute atomic E-state index is 11.3. The van der Waals surface area contributed by atoms with Crippen molar-refractivity contribution in [1.29, 1.82) is 0 Å². The minimum absolute atomic E-state index is 0.232. The van der Waals surface area contributed by atoms with E-state index in [4.69, 9.17) is 0 Å². The van der Waals surface area contributed by atoms with E-state index < -0.39 is 0 Å². The maximum atomic E-state index is 11.3. The van der Waals surface area contributed by atoms with E-state index in [9.17, 15) is 4.79 Å². The van der Waals surface area contributed by atoms with Crippen LogP contribution in [0.4, 0.5) is 0 Å². The molecule has 0 radical (unpaired) electrons. The fourth-order valence-electron chi connectivity index (χ4n) is 1.45. The summed E-state index contributed by atoms with van der Waals surface area (Å²) in [6, 6.07) is 0. The predicted octanol–water partition coefficient (Wildman–Crippen LogP) is 3.68. The molecule has 0 aromatic rings. The van der Waals surface area contributed by atoms with Crippen molar-refractivity contribution in [2.45, 2.75) is 58.3 Å². The molecule has 1 amide bonds. The van der Waals surface area contributed by atoms with Gasteiger partial charge in [0.25, 0.3) is 0 Å². The van der Waals surface area contributed by atoms with Crippen molar-refractivity contribution >= 4 is 28.5 Å². The summed E-state index contributed by atoms with van der Waals surface area (Å²) in [5, 5.41) is 2.94. The van der Waals surface area contributed by atoms with Crippen molar-refractivity contribution in [2.75, 3.05) is 11.0 Å². The van der Waals surface area contributed by atoms with Crippen LogP contribution < -0.4 is 5.32 Å². The van der Waals surface area contributed by atoms with Crippen molar-refractivity contribution in [1.82, 2.24) is 5.32 Å². The number of hydrogen-bond acceptors (Lipinski definition) is 1. The van der Waals surface area contributed by atoms with Gasteiger partial charge in [-0.2, -0.15) is 0 Å². The van der Waals surface area contributed by atoms with Gasteiger partial charge >= 0.3 is 0 Å². The van der Waals surface area contributed by atoms with Gasteiger partial charge in [-0.3, -0.25) is 4.79 Å². The molecule has 0 spiro atoms. The number of hydrogen-bond donors (Lipinski definition) is 1. The van der Waals surface area contributed by atoms with Crippen LogP contribution in [0.15, 0.2) is 0 Å². The lowest BCUT2D eigenvalue weighted by molar-refractivity contribution is -0.121. The average Bonchev–Trinajstić information content (AvgIpc) is 2.23. The van der Waals surface area contributed by atoms with Crippen LogP contribution in [-0.2, 0) is 4.79 Å². The summed E-state index contributed by atoms with van der Waals surface area (Å²) >= 11 is 2.33. The summed E-state index contributed by atoms with van der Waals surface area (Å²) in [4.78, 5) is 11.3. The fourth-order valence-corrected chi connectivity index (χ4v) is 1.83. The summed E-state index contributed by atoms with van der Waals surface area (Å²) < 4.78 is 1.12. The lowest BCUT2D eigenvalue weighted by Crippen LogP contribution is -2.24. The van der Waals surface area contributed by atoms with Gasteiger partial charge in [-0.25, -0.2) is 0 Å². The minimum Gasteiger partial charge on any atom is -0.356 e. The molecule has 0 aliphatic heterocycles. The molecule has 0 bridgehead atoms. The molecule has 0 aliphatic carbocycles. The van der Waals surface area contributed by atoms with Gasteiger partial charge in [0.2, 0.25) is 5.91 Å². The third-order valence-corrected chi connectivity index (χ3v) is 3.15. The van der Waals surface area contributed by atoms with Crippen LogP contribution in [0.2, 0.25) is 0 Å². The Hall–Kier alpha value is 0.200. The number of halogens is 1. The molecule has 0 atom stereocenters. The summed E-state index contributed by atoms with van der Waals surface area (Å²) in [5.74, 6) is 0.232. The molecule has 0 unspecified atom stereocenters. The van der Waals surface area contributed by atoms with Crippen molar-refractivity contribution < 1.29 is 4.79 Å². The van der Waals surface area contributed by atoms with E-state index >= 15 is 0 Å². The molecule has 90 valence electrons. The van der Waals surface area contributed by atoms with Gasteiger partial charge in [-0.05, 0) is 12.8 Å². The highest BCUT2D eigenvalue weighted by molar-refractivity contribution is 14.1. The smallest absolute Gasteiger partial charge is 0.219 e. The zero-order valence-corrected chi connectivity index (χ0v) is 12.0. The van der Waals surface area contributed by atoms with Gasteiger partial charge in [-0.1, -0.05) is 61.6 Å². The number of amides is 1. The Morgan fingerprint density at radius 3 is 2.40 bits per heavy atom. The molecular formula is C12H24INO. The first kappa shape index (κ1) is 15.2. The van der Waals surface area contributed by atoms with Gasteiger partial charge in [0.05, 0.1) is 0 Å². The Morgan fingerprint density at radius 1 is 1.07 bits per heavy atom. The van der Waals surface area contributed by atoms with Crippen LogP contribution >= 0.6 is 22.6 Å². The Balaban J connectivity index is 3.10. The van der Waals surface area contributed by atoms with Gasteiger partial charge in [0.1, 0.15) is 0 Å². The predicted molar refractivity (Wildman–Crippen MR) is 74.5 cm³/mol. The van der Waals surface area contributed by atoms with Crippen LogP contribution in [0.25, 0.3) is 0 Å². The summed E-state index contributed by atoms with van der Waals surface area (Å²) in [5.41, 5.74) is 0. The molecule has 1 N–H and O–H groups in total. The maximum Gasteiger partial charge on any atom is 0.219 e. The zero-order chi connectivity index (χ0) is 11.4. The van der Waals surface area contributed by atoms with Gasteiger partial charge in [-0.15, -0.1) is 0 Å². The van der Waals surface area contributed by atoms with Crippen molar-refractivity contribution in [3.8, 4) is 0 Å². The molecule has 0 fully saturated rings.